The highest BCUT2D eigenvalue weighted by Crippen LogP contribution is 1.92. The van der Waals surface area contributed by atoms with E-state index in [1.165, 1.54) is 12.4 Å². The normalized spacial score (nSPS) is 10.0. The number of ether oxygens (including phenoxy) is 1. The molecule has 0 unspecified atom stereocenters. The molecule has 4 heteroatoms. The number of aryl methyl sites for hydroxylation is 1. The quantitative estimate of drug-likeness (QED) is 0.450. The molecule has 1 aromatic heterocycles. The van der Waals surface area contributed by atoms with E-state index in [0.717, 1.165) is 4.73 Å². The van der Waals surface area contributed by atoms with E-state index < -0.39 is 0 Å². The van der Waals surface area contributed by atoms with Crippen LogP contribution in [0.1, 0.15) is 11.4 Å². The van der Waals surface area contributed by atoms with Gasteiger partial charge in [0.2, 0.25) is 11.9 Å². The molecule has 0 saturated carbocycles. The van der Waals surface area contributed by atoms with Gasteiger partial charge in [-0.2, -0.15) is 4.73 Å². The zero-order chi connectivity index (χ0) is 8.27. The molecule has 1 aromatic rings. The van der Waals surface area contributed by atoms with Gasteiger partial charge in [0.05, 0.1) is 6.20 Å². The SMILES string of the molecule is COCc1cnc(C)c[n+]1[O-]. The number of methoxy groups -OCH3 is 1. The molecule has 11 heavy (non-hydrogen) atoms. The van der Waals surface area contributed by atoms with Crippen LogP contribution in [0.3, 0.4) is 0 Å². The first-order chi connectivity index (χ1) is 5.24. The van der Waals surface area contributed by atoms with Crippen LogP contribution in [0, 0.1) is 12.1 Å². The predicted octanol–water partition coefficient (Wildman–Crippen LogP) is 0.170. The topological polar surface area (TPSA) is 49.1 Å². The number of hydrogen-bond acceptors (Lipinski definition) is 3. The Bertz CT molecular complexity index is 250. The summed E-state index contributed by atoms with van der Waals surface area (Å²) in [6.45, 7) is 2.07. The minimum absolute atomic E-state index is 0.302. The van der Waals surface area contributed by atoms with Crippen molar-refractivity contribution in [1.82, 2.24) is 4.98 Å². The summed E-state index contributed by atoms with van der Waals surface area (Å²) < 4.78 is 5.56. The molecule has 0 saturated heterocycles. The molecule has 0 aliphatic carbocycles. The summed E-state index contributed by atoms with van der Waals surface area (Å²) in [5, 5.41) is 11.0. The molecule has 0 fully saturated rings. The van der Waals surface area contributed by atoms with E-state index in [4.69, 9.17) is 4.74 Å². The molecule has 0 radical (unpaired) electrons. The summed E-state index contributed by atoms with van der Waals surface area (Å²) in [4.78, 5) is 3.96. The minimum atomic E-state index is 0.302. The maximum Gasteiger partial charge on any atom is 0.236 e. The second kappa shape index (κ2) is 3.30. The van der Waals surface area contributed by atoms with Crippen LogP contribution in [0.4, 0.5) is 0 Å². The Labute approximate surface area is 65.0 Å². The lowest BCUT2D eigenvalue weighted by Crippen LogP contribution is -2.32. The van der Waals surface area contributed by atoms with Crippen LogP contribution in [0.25, 0.3) is 0 Å². The largest absolute Gasteiger partial charge is 0.618 e. The van der Waals surface area contributed by atoms with Crippen LogP contribution in [-0.2, 0) is 11.3 Å². The fourth-order valence-electron chi connectivity index (χ4n) is 0.768. The van der Waals surface area contributed by atoms with E-state index in [0.29, 0.717) is 18.0 Å². The molecular weight excluding hydrogens is 144 g/mol. The van der Waals surface area contributed by atoms with E-state index in [1.54, 1.807) is 14.0 Å². The fourth-order valence-corrected chi connectivity index (χ4v) is 0.768. The van der Waals surface area contributed by atoms with Gasteiger partial charge < -0.3 is 9.94 Å². The summed E-state index contributed by atoms with van der Waals surface area (Å²) >= 11 is 0. The Morgan fingerprint density at radius 3 is 3.00 bits per heavy atom. The molecule has 60 valence electrons. The zero-order valence-electron chi connectivity index (χ0n) is 6.57. The van der Waals surface area contributed by atoms with Crippen molar-refractivity contribution in [2.75, 3.05) is 7.11 Å². The van der Waals surface area contributed by atoms with Crippen molar-refractivity contribution in [2.24, 2.45) is 0 Å². The van der Waals surface area contributed by atoms with E-state index in [9.17, 15) is 5.21 Å². The monoisotopic (exact) mass is 154 g/mol. The zero-order valence-corrected chi connectivity index (χ0v) is 6.57. The number of rotatable bonds is 2. The lowest BCUT2D eigenvalue weighted by Gasteiger charge is -2.02. The van der Waals surface area contributed by atoms with Crippen LogP contribution >= 0.6 is 0 Å². The van der Waals surface area contributed by atoms with Gasteiger partial charge in [-0.3, -0.25) is 0 Å². The maximum atomic E-state index is 11.0. The van der Waals surface area contributed by atoms with Crippen molar-refractivity contribution in [3.8, 4) is 0 Å². The number of hydrogen-bond donors (Lipinski definition) is 0. The Kier molecular flexibility index (Phi) is 2.38. The average Bonchev–Trinajstić information content (AvgIpc) is 1.95. The third-order valence-corrected chi connectivity index (χ3v) is 1.30. The Morgan fingerprint density at radius 2 is 2.45 bits per heavy atom. The summed E-state index contributed by atoms with van der Waals surface area (Å²) in [7, 11) is 1.54. The van der Waals surface area contributed by atoms with Gasteiger partial charge in [0.25, 0.3) is 0 Å². The first-order valence-electron chi connectivity index (χ1n) is 3.27. The Hall–Kier alpha value is -1.16. The van der Waals surface area contributed by atoms with Crippen molar-refractivity contribution in [2.45, 2.75) is 13.5 Å². The molecule has 0 spiro atoms. The van der Waals surface area contributed by atoms with Gasteiger partial charge in [-0.1, -0.05) is 0 Å². The average molecular weight is 154 g/mol. The van der Waals surface area contributed by atoms with Gasteiger partial charge in [0, 0.05) is 7.11 Å². The second-order valence-corrected chi connectivity index (χ2v) is 2.28. The summed E-state index contributed by atoms with van der Waals surface area (Å²) in [6.07, 6.45) is 2.94. The van der Waals surface area contributed by atoms with Gasteiger partial charge in [-0.15, -0.1) is 0 Å². The predicted molar refractivity (Wildman–Crippen MR) is 38.6 cm³/mol. The molecule has 0 atom stereocenters. The number of nitrogens with zero attached hydrogens (tertiary/aromatic N) is 2. The van der Waals surface area contributed by atoms with Crippen LogP contribution in [0.2, 0.25) is 0 Å². The molecule has 0 aliphatic heterocycles. The third kappa shape index (κ3) is 1.88. The first kappa shape index (κ1) is 7.94. The highest BCUT2D eigenvalue weighted by atomic mass is 16.5. The van der Waals surface area contributed by atoms with Crippen LogP contribution < -0.4 is 4.73 Å². The molecular formula is C7H10N2O2. The first-order valence-corrected chi connectivity index (χ1v) is 3.27. The van der Waals surface area contributed by atoms with Gasteiger partial charge in [-0.25, -0.2) is 4.98 Å². The molecule has 0 aliphatic rings. The molecule has 0 amide bonds. The Balaban J connectivity index is 2.90. The van der Waals surface area contributed by atoms with E-state index in [1.807, 2.05) is 0 Å². The van der Waals surface area contributed by atoms with Gasteiger partial charge in [-0.05, 0) is 6.92 Å². The van der Waals surface area contributed by atoms with Gasteiger partial charge >= 0.3 is 0 Å². The van der Waals surface area contributed by atoms with E-state index in [-0.39, 0.29) is 0 Å². The van der Waals surface area contributed by atoms with Crippen LogP contribution in [0.5, 0.6) is 0 Å². The molecule has 0 N–H and O–H groups in total. The van der Waals surface area contributed by atoms with Crippen LogP contribution in [-0.4, -0.2) is 12.1 Å². The highest BCUT2D eigenvalue weighted by Gasteiger charge is 2.03. The standard InChI is InChI=1S/C7H10N2O2/c1-6-4-9(10)7(3-8-6)5-11-2/h3-4H,5H2,1-2H3. The molecule has 1 heterocycles. The van der Waals surface area contributed by atoms with Crippen LogP contribution in [0.15, 0.2) is 12.4 Å². The second-order valence-electron chi connectivity index (χ2n) is 2.28. The van der Waals surface area contributed by atoms with Crippen molar-refractivity contribution < 1.29 is 9.47 Å². The fraction of sp³-hybridized carbons (Fsp3) is 0.429. The lowest BCUT2D eigenvalue weighted by molar-refractivity contribution is -0.617. The van der Waals surface area contributed by atoms with E-state index >= 15 is 0 Å². The van der Waals surface area contributed by atoms with Crippen molar-refractivity contribution in [1.29, 1.82) is 0 Å². The van der Waals surface area contributed by atoms with Crippen molar-refractivity contribution in [3.05, 3.63) is 29.0 Å². The maximum absolute atomic E-state index is 11.0. The third-order valence-electron chi connectivity index (χ3n) is 1.30. The van der Waals surface area contributed by atoms with Crippen molar-refractivity contribution >= 4 is 0 Å². The van der Waals surface area contributed by atoms with Crippen molar-refractivity contribution in [3.63, 3.8) is 0 Å². The highest BCUT2D eigenvalue weighted by molar-refractivity contribution is 4.92. The smallest absolute Gasteiger partial charge is 0.236 e. The minimum Gasteiger partial charge on any atom is -0.618 e. The number of aromatic nitrogens is 2. The molecule has 0 bridgehead atoms. The van der Waals surface area contributed by atoms with E-state index in [2.05, 4.69) is 4.98 Å². The summed E-state index contributed by atoms with van der Waals surface area (Å²) in [5.74, 6) is 0. The molecule has 1 rings (SSSR count). The summed E-state index contributed by atoms with van der Waals surface area (Å²) in [6, 6.07) is 0. The Morgan fingerprint density at radius 1 is 1.73 bits per heavy atom. The molecule has 4 nitrogen and oxygen atoms in total. The molecule has 0 aromatic carbocycles. The lowest BCUT2D eigenvalue weighted by atomic mass is 10.4. The van der Waals surface area contributed by atoms with Gasteiger partial charge in [0.1, 0.15) is 12.3 Å². The summed E-state index contributed by atoms with van der Waals surface area (Å²) in [5.41, 5.74) is 1.23. The van der Waals surface area contributed by atoms with Gasteiger partial charge in [0.15, 0.2) is 0 Å².